The Balaban J connectivity index is 2.91. The van der Waals surface area contributed by atoms with Gasteiger partial charge in [0, 0.05) is 13.0 Å². The second-order valence-corrected chi connectivity index (χ2v) is 4.00. The second kappa shape index (κ2) is 7.09. The molecule has 6 nitrogen and oxygen atoms in total. The van der Waals surface area contributed by atoms with Gasteiger partial charge in [-0.2, -0.15) is 0 Å². The molecule has 0 saturated carbocycles. The number of unbranched alkanes of at least 4 members (excludes halogenated alkanes) is 2. The highest BCUT2D eigenvalue weighted by Crippen LogP contribution is 2.28. The summed E-state index contributed by atoms with van der Waals surface area (Å²) in [6, 6.07) is 1.53. The molecule has 1 aromatic carbocycles. The third kappa shape index (κ3) is 3.95. The van der Waals surface area contributed by atoms with Crippen molar-refractivity contribution >= 4 is 17.3 Å². The van der Waals surface area contributed by atoms with Crippen LogP contribution in [0.1, 0.15) is 29.6 Å². The number of nitro benzene ring substituents is 1. The number of benzene rings is 1. The van der Waals surface area contributed by atoms with Crippen molar-refractivity contribution in [1.29, 1.82) is 0 Å². The Bertz CT molecular complexity index is 566. The lowest BCUT2D eigenvalue weighted by molar-refractivity contribution is -0.384. The van der Waals surface area contributed by atoms with Crippen LogP contribution in [0.3, 0.4) is 0 Å². The van der Waals surface area contributed by atoms with Crippen molar-refractivity contribution in [3.05, 3.63) is 33.6 Å². The van der Waals surface area contributed by atoms with Crippen molar-refractivity contribution in [1.82, 2.24) is 0 Å². The summed E-state index contributed by atoms with van der Waals surface area (Å²) in [5.74, 6) is -0.152. The summed E-state index contributed by atoms with van der Waals surface area (Å²) < 4.78 is 13.4. The molecule has 0 aromatic heterocycles. The standard InChI is InChI=1S/C13H13FN2O4/c1-2-3-4-5-6-15-11-7-9(13(17)18)10(14)8-12(11)16(19)20/h1,7-8,15H,3-6H2,(H,17,18). The quantitative estimate of drug-likeness (QED) is 0.346. The zero-order chi connectivity index (χ0) is 15.1. The molecule has 1 rings (SSSR count). The van der Waals surface area contributed by atoms with Gasteiger partial charge in [0.1, 0.15) is 11.5 Å². The van der Waals surface area contributed by atoms with Crippen LogP contribution in [-0.2, 0) is 0 Å². The molecule has 0 aliphatic rings. The number of nitrogens with one attached hydrogen (secondary N) is 1. The van der Waals surface area contributed by atoms with Gasteiger partial charge in [0.25, 0.3) is 5.69 Å². The van der Waals surface area contributed by atoms with Gasteiger partial charge in [0.2, 0.25) is 0 Å². The number of hydrogen-bond donors (Lipinski definition) is 2. The summed E-state index contributed by atoms with van der Waals surface area (Å²) in [4.78, 5) is 20.9. The number of rotatable bonds is 7. The van der Waals surface area contributed by atoms with Crippen LogP contribution in [0.25, 0.3) is 0 Å². The molecular weight excluding hydrogens is 267 g/mol. The summed E-state index contributed by atoms with van der Waals surface area (Å²) in [6.07, 6.45) is 7.09. The Kier molecular flexibility index (Phi) is 5.47. The predicted octanol–water partition coefficient (Wildman–Crippen LogP) is 2.65. The molecular formula is C13H13FN2O4. The van der Waals surface area contributed by atoms with Crippen LogP contribution in [0.2, 0.25) is 0 Å². The van der Waals surface area contributed by atoms with E-state index in [2.05, 4.69) is 11.2 Å². The van der Waals surface area contributed by atoms with E-state index in [1.165, 1.54) is 0 Å². The van der Waals surface area contributed by atoms with Gasteiger partial charge in [-0.15, -0.1) is 12.3 Å². The highest BCUT2D eigenvalue weighted by Gasteiger charge is 2.21. The molecule has 106 valence electrons. The average Bonchev–Trinajstić information content (AvgIpc) is 2.39. The van der Waals surface area contributed by atoms with E-state index in [4.69, 9.17) is 11.5 Å². The first kappa shape index (κ1) is 15.4. The smallest absolute Gasteiger partial charge is 0.338 e. The van der Waals surface area contributed by atoms with E-state index in [1.807, 2.05) is 0 Å². The minimum atomic E-state index is -1.48. The number of halogens is 1. The third-order valence-electron chi connectivity index (χ3n) is 2.58. The van der Waals surface area contributed by atoms with Gasteiger partial charge < -0.3 is 10.4 Å². The molecule has 7 heteroatoms. The largest absolute Gasteiger partial charge is 0.478 e. The molecule has 2 N–H and O–H groups in total. The lowest BCUT2D eigenvalue weighted by Crippen LogP contribution is -2.08. The van der Waals surface area contributed by atoms with Crippen molar-refractivity contribution in [3.8, 4) is 12.3 Å². The Morgan fingerprint density at radius 2 is 2.20 bits per heavy atom. The maximum absolute atomic E-state index is 13.4. The average molecular weight is 280 g/mol. The summed E-state index contributed by atoms with van der Waals surface area (Å²) in [6.45, 7) is 0.382. The monoisotopic (exact) mass is 280 g/mol. The van der Waals surface area contributed by atoms with Gasteiger partial charge in [-0.3, -0.25) is 10.1 Å². The fraction of sp³-hybridized carbons (Fsp3) is 0.308. The summed E-state index contributed by atoms with van der Waals surface area (Å²) in [7, 11) is 0. The molecule has 0 radical (unpaired) electrons. The van der Waals surface area contributed by atoms with E-state index in [1.54, 1.807) is 0 Å². The van der Waals surface area contributed by atoms with Crippen LogP contribution in [0.4, 0.5) is 15.8 Å². The number of terminal acetylenes is 1. The van der Waals surface area contributed by atoms with Crippen LogP contribution >= 0.6 is 0 Å². The molecule has 0 spiro atoms. The summed E-state index contributed by atoms with van der Waals surface area (Å²) in [5.41, 5.74) is -1.12. The van der Waals surface area contributed by atoms with Crippen molar-refractivity contribution < 1.29 is 19.2 Å². The minimum absolute atomic E-state index is 0.0190. The van der Waals surface area contributed by atoms with Crippen LogP contribution in [0.15, 0.2) is 12.1 Å². The zero-order valence-corrected chi connectivity index (χ0v) is 10.6. The normalized spacial score (nSPS) is 9.80. The first-order valence-corrected chi connectivity index (χ1v) is 5.86. The predicted molar refractivity (Wildman–Crippen MR) is 71.2 cm³/mol. The van der Waals surface area contributed by atoms with Crippen molar-refractivity contribution in [3.63, 3.8) is 0 Å². The lowest BCUT2D eigenvalue weighted by atomic mass is 10.1. The van der Waals surface area contributed by atoms with Crippen LogP contribution in [-0.4, -0.2) is 22.5 Å². The van der Waals surface area contributed by atoms with Gasteiger partial charge in [-0.1, -0.05) is 0 Å². The van der Waals surface area contributed by atoms with E-state index in [-0.39, 0.29) is 5.69 Å². The van der Waals surface area contributed by atoms with E-state index >= 15 is 0 Å². The van der Waals surface area contributed by atoms with Gasteiger partial charge in [-0.25, -0.2) is 9.18 Å². The number of nitro groups is 1. The minimum Gasteiger partial charge on any atom is -0.478 e. The third-order valence-corrected chi connectivity index (χ3v) is 2.58. The van der Waals surface area contributed by atoms with Crippen molar-refractivity contribution in [2.75, 3.05) is 11.9 Å². The number of nitrogens with zero attached hydrogens (tertiary/aromatic N) is 1. The Hall–Kier alpha value is -2.62. The van der Waals surface area contributed by atoms with Crippen molar-refractivity contribution in [2.45, 2.75) is 19.3 Å². The second-order valence-electron chi connectivity index (χ2n) is 4.00. The van der Waals surface area contributed by atoms with Gasteiger partial charge >= 0.3 is 5.97 Å². The fourth-order valence-electron chi connectivity index (χ4n) is 1.59. The number of carboxylic acids is 1. The van der Waals surface area contributed by atoms with Crippen LogP contribution < -0.4 is 5.32 Å². The topological polar surface area (TPSA) is 92.5 Å². The number of aromatic carboxylic acids is 1. The molecule has 0 fully saturated rings. The first-order valence-electron chi connectivity index (χ1n) is 5.86. The molecule has 0 amide bonds. The molecule has 0 bridgehead atoms. The van der Waals surface area contributed by atoms with Gasteiger partial charge in [-0.05, 0) is 18.9 Å². The summed E-state index contributed by atoms with van der Waals surface area (Å²) in [5, 5.41) is 22.4. The summed E-state index contributed by atoms with van der Waals surface area (Å²) >= 11 is 0. The highest BCUT2D eigenvalue weighted by molar-refractivity contribution is 5.90. The van der Waals surface area contributed by atoms with E-state index < -0.39 is 28.0 Å². The molecule has 1 aromatic rings. The molecule has 20 heavy (non-hydrogen) atoms. The lowest BCUT2D eigenvalue weighted by Gasteiger charge is -2.08. The van der Waals surface area contributed by atoms with E-state index in [0.29, 0.717) is 25.5 Å². The molecule has 0 heterocycles. The van der Waals surface area contributed by atoms with E-state index in [0.717, 1.165) is 12.5 Å². The molecule has 0 unspecified atom stereocenters. The van der Waals surface area contributed by atoms with Gasteiger partial charge in [0.15, 0.2) is 0 Å². The first-order chi connectivity index (χ1) is 9.47. The molecule has 0 aliphatic carbocycles. The van der Waals surface area contributed by atoms with Crippen LogP contribution in [0.5, 0.6) is 0 Å². The number of carbonyl (C=O) groups is 1. The zero-order valence-electron chi connectivity index (χ0n) is 10.6. The van der Waals surface area contributed by atoms with Gasteiger partial charge in [0.05, 0.1) is 16.6 Å². The maximum Gasteiger partial charge on any atom is 0.338 e. The molecule has 0 saturated heterocycles. The van der Waals surface area contributed by atoms with Crippen molar-refractivity contribution in [2.24, 2.45) is 0 Å². The molecule has 0 aliphatic heterocycles. The number of anilines is 1. The van der Waals surface area contributed by atoms with E-state index in [9.17, 15) is 19.3 Å². The Morgan fingerprint density at radius 3 is 2.75 bits per heavy atom. The number of hydrogen-bond acceptors (Lipinski definition) is 4. The van der Waals surface area contributed by atoms with Crippen LogP contribution in [0, 0.1) is 28.3 Å². The Labute approximate surface area is 114 Å². The highest BCUT2D eigenvalue weighted by atomic mass is 19.1. The molecule has 0 atom stereocenters. The Morgan fingerprint density at radius 1 is 1.50 bits per heavy atom. The SMILES string of the molecule is C#CCCCCNc1cc(C(=O)O)c(F)cc1[N+](=O)[O-]. The number of carboxylic acid groups (broad SMARTS) is 1. The fourth-order valence-corrected chi connectivity index (χ4v) is 1.59. The maximum atomic E-state index is 13.4.